The standard InChI is InChI=1S/C39H24N6/c40-24-26-14-16-27(17-15-26)28-18-20-29(21-19-28)32-7-3-8-33(42-32)34-9-4-10-35(43-34)36-11-5-13-39(44-36)45-37-12-2-1-6-30(37)31-22-23-41-25-38(31)45/h1-23,25H. The lowest BCUT2D eigenvalue weighted by Gasteiger charge is -2.10. The number of hydrogen-bond acceptors (Lipinski definition) is 5. The lowest BCUT2D eigenvalue weighted by molar-refractivity contribution is 1.07. The van der Waals surface area contributed by atoms with Gasteiger partial charge in [-0.3, -0.25) is 9.55 Å². The summed E-state index contributed by atoms with van der Waals surface area (Å²) in [4.78, 5) is 19.4. The van der Waals surface area contributed by atoms with Crippen LogP contribution in [0.5, 0.6) is 0 Å². The van der Waals surface area contributed by atoms with E-state index in [2.05, 4.69) is 58.1 Å². The molecule has 45 heavy (non-hydrogen) atoms. The molecule has 0 N–H and O–H groups in total. The van der Waals surface area contributed by atoms with Crippen molar-refractivity contribution in [1.82, 2.24) is 24.5 Å². The number of aromatic nitrogens is 5. The zero-order valence-corrected chi connectivity index (χ0v) is 24.0. The fourth-order valence-corrected chi connectivity index (χ4v) is 5.78. The Balaban J connectivity index is 1.12. The maximum Gasteiger partial charge on any atom is 0.138 e. The number of para-hydroxylation sites is 1. The zero-order chi connectivity index (χ0) is 30.2. The third-order valence-electron chi connectivity index (χ3n) is 7.99. The molecule has 210 valence electrons. The van der Waals surface area contributed by atoms with Crippen molar-refractivity contribution in [3.8, 4) is 57.0 Å². The topological polar surface area (TPSA) is 80.3 Å². The van der Waals surface area contributed by atoms with Crippen LogP contribution in [0.4, 0.5) is 0 Å². The van der Waals surface area contributed by atoms with Gasteiger partial charge in [-0.25, -0.2) is 15.0 Å². The van der Waals surface area contributed by atoms with Crippen molar-refractivity contribution < 1.29 is 0 Å². The Labute approximate surface area is 259 Å². The van der Waals surface area contributed by atoms with Gasteiger partial charge in [0.1, 0.15) is 5.82 Å². The summed E-state index contributed by atoms with van der Waals surface area (Å²) < 4.78 is 2.16. The first-order chi connectivity index (χ1) is 22.2. The molecule has 0 aliphatic rings. The molecule has 6 heteroatoms. The van der Waals surface area contributed by atoms with Crippen LogP contribution in [0.3, 0.4) is 0 Å². The van der Waals surface area contributed by atoms with E-state index in [4.69, 9.17) is 20.2 Å². The van der Waals surface area contributed by atoms with Crippen molar-refractivity contribution in [3.05, 3.63) is 151 Å². The second-order valence-electron chi connectivity index (χ2n) is 10.7. The molecule has 0 radical (unpaired) electrons. The van der Waals surface area contributed by atoms with Crippen LogP contribution < -0.4 is 0 Å². The molecular formula is C39H24N6. The van der Waals surface area contributed by atoms with Crippen LogP contribution in [0, 0.1) is 11.3 Å². The smallest absolute Gasteiger partial charge is 0.138 e. The fourth-order valence-electron chi connectivity index (χ4n) is 5.78. The Morgan fingerprint density at radius 2 is 1.02 bits per heavy atom. The van der Waals surface area contributed by atoms with Gasteiger partial charge >= 0.3 is 0 Å². The number of nitrogens with zero attached hydrogens (tertiary/aromatic N) is 6. The Kier molecular flexibility index (Phi) is 6.40. The molecular weight excluding hydrogens is 552 g/mol. The summed E-state index contributed by atoms with van der Waals surface area (Å²) >= 11 is 0. The van der Waals surface area contributed by atoms with Crippen LogP contribution >= 0.6 is 0 Å². The predicted molar refractivity (Wildman–Crippen MR) is 178 cm³/mol. The predicted octanol–water partition coefficient (Wildman–Crippen LogP) is 8.90. The van der Waals surface area contributed by atoms with Crippen molar-refractivity contribution in [3.63, 3.8) is 0 Å². The molecule has 0 unspecified atom stereocenters. The fraction of sp³-hybridized carbons (Fsp3) is 0. The van der Waals surface area contributed by atoms with Crippen molar-refractivity contribution in [2.45, 2.75) is 0 Å². The molecule has 5 aromatic heterocycles. The highest BCUT2D eigenvalue weighted by Gasteiger charge is 2.14. The van der Waals surface area contributed by atoms with Gasteiger partial charge in [-0.1, -0.05) is 72.8 Å². The molecule has 6 nitrogen and oxygen atoms in total. The van der Waals surface area contributed by atoms with Gasteiger partial charge in [-0.15, -0.1) is 0 Å². The second kappa shape index (κ2) is 11.0. The van der Waals surface area contributed by atoms with Gasteiger partial charge in [0.05, 0.1) is 57.3 Å². The van der Waals surface area contributed by atoms with E-state index < -0.39 is 0 Å². The number of pyridine rings is 4. The van der Waals surface area contributed by atoms with Crippen molar-refractivity contribution in [1.29, 1.82) is 5.26 Å². The van der Waals surface area contributed by atoms with Crippen molar-refractivity contribution in [2.75, 3.05) is 0 Å². The van der Waals surface area contributed by atoms with Gasteiger partial charge in [-0.05, 0) is 71.8 Å². The highest BCUT2D eigenvalue weighted by Crippen LogP contribution is 2.32. The molecule has 0 saturated heterocycles. The van der Waals surface area contributed by atoms with E-state index in [1.807, 2.05) is 103 Å². The first kappa shape index (κ1) is 26.2. The Hall–Kier alpha value is -6.45. The third-order valence-corrected chi connectivity index (χ3v) is 7.99. The van der Waals surface area contributed by atoms with Gasteiger partial charge in [0.25, 0.3) is 0 Å². The average Bonchev–Trinajstić information content (AvgIpc) is 3.46. The van der Waals surface area contributed by atoms with E-state index >= 15 is 0 Å². The maximum atomic E-state index is 9.08. The Morgan fingerprint density at radius 1 is 0.467 bits per heavy atom. The van der Waals surface area contributed by atoms with Gasteiger partial charge in [0.2, 0.25) is 0 Å². The SMILES string of the molecule is N#Cc1ccc(-c2ccc(-c3cccc(-c4cccc(-c5cccc(-n6c7ccccc7c7ccncc76)n5)n4)n3)cc2)cc1. The molecule has 0 amide bonds. The monoisotopic (exact) mass is 576 g/mol. The lowest BCUT2D eigenvalue weighted by atomic mass is 10.0. The van der Waals surface area contributed by atoms with E-state index in [1.54, 1.807) is 0 Å². The van der Waals surface area contributed by atoms with Crippen LogP contribution in [0.15, 0.2) is 146 Å². The molecule has 0 saturated carbocycles. The number of fused-ring (bicyclic) bond motifs is 3. The van der Waals surface area contributed by atoms with Crippen LogP contribution in [0.2, 0.25) is 0 Å². The van der Waals surface area contributed by atoms with E-state index in [1.165, 1.54) is 0 Å². The molecule has 0 aliphatic carbocycles. The summed E-state index contributed by atoms with van der Waals surface area (Å²) in [6, 6.07) is 46.5. The number of hydrogen-bond donors (Lipinski definition) is 0. The van der Waals surface area contributed by atoms with Crippen LogP contribution in [0.1, 0.15) is 5.56 Å². The number of benzene rings is 3. The van der Waals surface area contributed by atoms with Gasteiger partial charge in [-0.2, -0.15) is 5.26 Å². The first-order valence-corrected chi connectivity index (χ1v) is 14.6. The second-order valence-corrected chi connectivity index (χ2v) is 10.7. The number of rotatable bonds is 5. The van der Waals surface area contributed by atoms with Crippen LogP contribution in [0.25, 0.3) is 72.8 Å². The lowest BCUT2D eigenvalue weighted by Crippen LogP contribution is -1.99. The van der Waals surface area contributed by atoms with Crippen LogP contribution in [-0.2, 0) is 0 Å². The first-order valence-electron chi connectivity index (χ1n) is 14.6. The normalized spacial score (nSPS) is 11.1. The highest BCUT2D eigenvalue weighted by atomic mass is 15.1. The molecule has 0 atom stereocenters. The minimum Gasteiger partial charge on any atom is -0.292 e. The minimum absolute atomic E-state index is 0.651. The minimum atomic E-state index is 0.651. The molecule has 5 heterocycles. The molecule has 0 aliphatic heterocycles. The summed E-state index contributed by atoms with van der Waals surface area (Å²) in [5, 5.41) is 11.4. The molecule has 0 fully saturated rings. The van der Waals surface area contributed by atoms with Crippen molar-refractivity contribution in [2.24, 2.45) is 0 Å². The van der Waals surface area contributed by atoms with E-state index in [0.29, 0.717) is 5.56 Å². The molecule has 0 spiro atoms. The molecule has 8 rings (SSSR count). The molecule has 3 aromatic carbocycles. The largest absolute Gasteiger partial charge is 0.292 e. The maximum absolute atomic E-state index is 9.08. The average molecular weight is 577 g/mol. The van der Waals surface area contributed by atoms with Gasteiger partial charge in [0.15, 0.2) is 0 Å². The van der Waals surface area contributed by atoms with Gasteiger partial charge < -0.3 is 0 Å². The number of nitriles is 1. The summed E-state index contributed by atoms with van der Waals surface area (Å²) in [5.74, 6) is 0.809. The molecule has 0 bridgehead atoms. The summed E-state index contributed by atoms with van der Waals surface area (Å²) in [6.45, 7) is 0. The summed E-state index contributed by atoms with van der Waals surface area (Å²) in [7, 11) is 0. The van der Waals surface area contributed by atoms with E-state index in [0.717, 1.165) is 72.8 Å². The Bertz CT molecular complexity index is 2330. The van der Waals surface area contributed by atoms with Gasteiger partial charge in [0, 0.05) is 22.5 Å². The van der Waals surface area contributed by atoms with Crippen LogP contribution in [-0.4, -0.2) is 24.5 Å². The van der Waals surface area contributed by atoms with E-state index in [9.17, 15) is 0 Å². The Morgan fingerprint density at radius 3 is 1.73 bits per heavy atom. The summed E-state index contributed by atoms with van der Waals surface area (Å²) in [5.41, 5.74) is 9.88. The quantitative estimate of drug-likeness (QED) is 0.204. The van der Waals surface area contributed by atoms with E-state index in [-0.39, 0.29) is 0 Å². The highest BCUT2D eigenvalue weighted by molar-refractivity contribution is 6.08. The summed E-state index contributed by atoms with van der Waals surface area (Å²) in [6.07, 6.45) is 3.72. The van der Waals surface area contributed by atoms with Crippen molar-refractivity contribution >= 4 is 21.8 Å². The molecule has 8 aromatic rings. The zero-order valence-electron chi connectivity index (χ0n) is 24.0. The third kappa shape index (κ3) is 4.79.